The lowest BCUT2D eigenvalue weighted by Gasteiger charge is -2.31. The Labute approximate surface area is 212 Å². The zero-order valence-electron chi connectivity index (χ0n) is 20.6. The quantitative estimate of drug-likeness (QED) is 0.451. The molecule has 36 heavy (non-hydrogen) atoms. The molecule has 0 spiro atoms. The fourth-order valence-corrected chi connectivity index (χ4v) is 5.70. The van der Waals surface area contributed by atoms with Gasteiger partial charge in [0.25, 0.3) is 5.91 Å². The predicted molar refractivity (Wildman–Crippen MR) is 135 cm³/mol. The van der Waals surface area contributed by atoms with E-state index in [0.717, 1.165) is 31.5 Å². The molecule has 2 aromatic carbocycles. The van der Waals surface area contributed by atoms with Crippen LogP contribution in [0.2, 0.25) is 0 Å². The maximum absolute atomic E-state index is 13.0. The Morgan fingerprint density at radius 3 is 2.31 bits per heavy atom. The van der Waals surface area contributed by atoms with E-state index in [-0.39, 0.29) is 21.8 Å². The Hall–Kier alpha value is -3.30. The summed E-state index contributed by atoms with van der Waals surface area (Å²) in [6.07, 6.45) is 4.56. The lowest BCUT2D eigenvalue weighted by molar-refractivity contribution is 0.0900. The minimum atomic E-state index is -3.84. The molecule has 0 bridgehead atoms. The molecule has 1 N–H and O–H groups in total. The standard InChI is InChI=1S/C27H32N2O6S/c1-33-23-13-12-20(18-25(23)34-2)22(29-16-8-3-4-9-17-29)19-28-27(30)24-14-15-26(35-24)36(31,32)21-10-6-5-7-11-21/h5-7,10-15,18,22H,3-4,8-9,16-17,19H2,1-2H3,(H,28,30). The summed E-state index contributed by atoms with van der Waals surface area (Å²) in [5.74, 6) is 0.752. The van der Waals surface area contributed by atoms with Crippen LogP contribution in [0.1, 0.15) is 47.8 Å². The Bertz CT molecular complexity index is 1260. The first-order valence-electron chi connectivity index (χ1n) is 12.1. The maximum atomic E-state index is 13.0. The van der Waals surface area contributed by atoms with Crippen molar-refractivity contribution in [1.82, 2.24) is 10.2 Å². The van der Waals surface area contributed by atoms with Gasteiger partial charge in [0, 0.05) is 6.54 Å². The van der Waals surface area contributed by atoms with Crippen LogP contribution in [0.5, 0.6) is 11.5 Å². The van der Waals surface area contributed by atoms with Crippen LogP contribution in [0.15, 0.2) is 75.1 Å². The molecule has 1 aliphatic heterocycles. The van der Waals surface area contributed by atoms with Crippen molar-refractivity contribution in [2.24, 2.45) is 0 Å². The van der Waals surface area contributed by atoms with Crippen molar-refractivity contribution in [3.63, 3.8) is 0 Å². The molecule has 8 nitrogen and oxygen atoms in total. The molecular formula is C27H32N2O6S. The highest BCUT2D eigenvalue weighted by molar-refractivity contribution is 7.91. The number of sulfone groups is 1. The topological polar surface area (TPSA) is 98.1 Å². The number of ether oxygens (including phenoxy) is 2. The highest BCUT2D eigenvalue weighted by atomic mass is 32.2. The van der Waals surface area contributed by atoms with Crippen molar-refractivity contribution in [1.29, 1.82) is 0 Å². The lowest BCUT2D eigenvalue weighted by Crippen LogP contribution is -2.38. The second kappa shape index (κ2) is 11.6. The molecule has 3 aromatic rings. The molecule has 0 radical (unpaired) electrons. The molecule has 1 aromatic heterocycles. The number of hydrogen-bond donors (Lipinski definition) is 1. The van der Waals surface area contributed by atoms with Crippen LogP contribution in [0.25, 0.3) is 0 Å². The van der Waals surface area contributed by atoms with Crippen molar-refractivity contribution in [2.75, 3.05) is 33.9 Å². The number of amides is 1. The van der Waals surface area contributed by atoms with Gasteiger partial charge in [-0.3, -0.25) is 9.69 Å². The molecule has 1 aliphatic rings. The van der Waals surface area contributed by atoms with Gasteiger partial charge >= 0.3 is 0 Å². The van der Waals surface area contributed by atoms with Crippen molar-refractivity contribution in [2.45, 2.75) is 41.7 Å². The molecule has 1 unspecified atom stereocenters. The Balaban J connectivity index is 1.53. The number of rotatable bonds is 9. The summed E-state index contributed by atoms with van der Waals surface area (Å²) in [7, 11) is -0.646. The number of hydrogen-bond acceptors (Lipinski definition) is 7. The van der Waals surface area contributed by atoms with E-state index < -0.39 is 15.7 Å². The van der Waals surface area contributed by atoms with Crippen LogP contribution in [0.4, 0.5) is 0 Å². The van der Waals surface area contributed by atoms with Crippen LogP contribution >= 0.6 is 0 Å². The smallest absolute Gasteiger partial charge is 0.287 e. The van der Waals surface area contributed by atoms with E-state index in [1.165, 1.54) is 37.1 Å². The SMILES string of the molecule is COc1ccc(C(CNC(=O)c2ccc(S(=O)(=O)c3ccccc3)o2)N2CCCCCC2)cc1OC. The van der Waals surface area contributed by atoms with Gasteiger partial charge in [-0.1, -0.05) is 37.1 Å². The molecular weight excluding hydrogens is 480 g/mol. The predicted octanol–water partition coefficient (Wildman–Crippen LogP) is 4.48. The fourth-order valence-electron chi connectivity index (χ4n) is 4.50. The molecule has 0 saturated carbocycles. The van der Waals surface area contributed by atoms with E-state index >= 15 is 0 Å². The molecule has 2 heterocycles. The monoisotopic (exact) mass is 512 g/mol. The van der Waals surface area contributed by atoms with Crippen LogP contribution < -0.4 is 14.8 Å². The second-order valence-electron chi connectivity index (χ2n) is 8.73. The van der Waals surface area contributed by atoms with E-state index in [0.29, 0.717) is 18.0 Å². The summed E-state index contributed by atoms with van der Waals surface area (Å²) in [6.45, 7) is 2.18. The Kier molecular flexibility index (Phi) is 8.32. The van der Waals surface area contributed by atoms with Gasteiger partial charge in [0.1, 0.15) is 0 Å². The van der Waals surface area contributed by atoms with Crippen molar-refractivity contribution < 1.29 is 27.1 Å². The number of likely N-dealkylation sites (tertiary alicyclic amines) is 1. The molecule has 1 atom stereocenters. The van der Waals surface area contributed by atoms with Gasteiger partial charge in [0.15, 0.2) is 17.3 Å². The summed E-state index contributed by atoms with van der Waals surface area (Å²) < 4.78 is 42.0. The van der Waals surface area contributed by atoms with E-state index in [1.807, 2.05) is 18.2 Å². The normalized spacial score (nSPS) is 15.6. The van der Waals surface area contributed by atoms with E-state index in [2.05, 4.69) is 10.2 Å². The average Bonchev–Trinajstić information content (AvgIpc) is 3.27. The third-order valence-electron chi connectivity index (χ3n) is 6.45. The van der Waals surface area contributed by atoms with E-state index in [4.69, 9.17) is 13.9 Å². The summed E-state index contributed by atoms with van der Waals surface area (Å²) in [4.78, 5) is 15.5. The van der Waals surface area contributed by atoms with Gasteiger partial charge in [-0.2, -0.15) is 0 Å². The number of nitrogens with one attached hydrogen (secondary N) is 1. The van der Waals surface area contributed by atoms with Gasteiger partial charge < -0.3 is 19.2 Å². The van der Waals surface area contributed by atoms with Gasteiger partial charge in [-0.15, -0.1) is 0 Å². The first-order valence-corrected chi connectivity index (χ1v) is 13.6. The van der Waals surface area contributed by atoms with Crippen molar-refractivity contribution in [3.05, 3.63) is 72.0 Å². The molecule has 4 rings (SSSR count). The highest BCUT2D eigenvalue weighted by Crippen LogP contribution is 2.33. The number of methoxy groups -OCH3 is 2. The minimum Gasteiger partial charge on any atom is -0.493 e. The van der Waals surface area contributed by atoms with Crippen LogP contribution in [0.3, 0.4) is 0 Å². The lowest BCUT2D eigenvalue weighted by atomic mass is 10.0. The zero-order chi connectivity index (χ0) is 25.5. The maximum Gasteiger partial charge on any atom is 0.287 e. The number of nitrogens with zero attached hydrogens (tertiary/aromatic N) is 1. The Morgan fingerprint density at radius 1 is 0.944 bits per heavy atom. The summed E-state index contributed by atoms with van der Waals surface area (Å²) in [5.41, 5.74) is 1.00. The highest BCUT2D eigenvalue weighted by Gasteiger charge is 2.26. The average molecular weight is 513 g/mol. The first-order chi connectivity index (χ1) is 17.4. The van der Waals surface area contributed by atoms with Gasteiger partial charge in [-0.25, -0.2) is 8.42 Å². The third kappa shape index (κ3) is 5.74. The van der Waals surface area contributed by atoms with Gasteiger partial charge in [-0.05, 0) is 67.9 Å². The first kappa shape index (κ1) is 25.8. The molecule has 9 heteroatoms. The number of furan rings is 1. The zero-order valence-corrected chi connectivity index (χ0v) is 21.4. The Morgan fingerprint density at radius 2 is 1.64 bits per heavy atom. The van der Waals surface area contributed by atoms with E-state index in [9.17, 15) is 13.2 Å². The van der Waals surface area contributed by atoms with Crippen LogP contribution in [-0.4, -0.2) is 53.1 Å². The fraction of sp³-hybridized carbons (Fsp3) is 0.370. The summed E-state index contributed by atoms with van der Waals surface area (Å²) >= 11 is 0. The summed E-state index contributed by atoms with van der Waals surface area (Å²) in [5, 5.41) is 2.68. The van der Waals surface area contributed by atoms with Gasteiger partial charge in [0.05, 0.1) is 25.2 Å². The number of carbonyl (C=O) groups excluding carboxylic acids is 1. The van der Waals surface area contributed by atoms with Crippen LogP contribution in [-0.2, 0) is 9.84 Å². The molecule has 1 saturated heterocycles. The summed E-state index contributed by atoms with van der Waals surface area (Å²) in [6, 6.07) is 16.4. The number of carbonyl (C=O) groups is 1. The second-order valence-corrected chi connectivity index (χ2v) is 10.6. The van der Waals surface area contributed by atoms with Crippen molar-refractivity contribution >= 4 is 15.7 Å². The molecule has 1 amide bonds. The molecule has 192 valence electrons. The largest absolute Gasteiger partial charge is 0.493 e. The molecule has 0 aliphatic carbocycles. The number of benzene rings is 2. The third-order valence-corrected chi connectivity index (χ3v) is 8.10. The van der Waals surface area contributed by atoms with Gasteiger partial charge in [0.2, 0.25) is 14.9 Å². The minimum absolute atomic E-state index is 0.0496. The van der Waals surface area contributed by atoms with Crippen molar-refractivity contribution in [3.8, 4) is 11.5 Å². The van der Waals surface area contributed by atoms with Crippen LogP contribution in [0, 0.1) is 0 Å². The molecule has 1 fully saturated rings. The van der Waals surface area contributed by atoms with E-state index in [1.54, 1.807) is 32.4 Å².